The van der Waals surface area contributed by atoms with E-state index in [-0.39, 0.29) is 5.75 Å². The van der Waals surface area contributed by atoms with Gasteiger partial charge in [-0.15, -0.1) is 18.3 Å². The standard InChI is InChI=1S/C31H35F3N6O2S/c1-3-6-23-11-8-21(2)19-27(23)37-30(43)38-29(41)35-18-5-4-7-22-9-12-24(13-10-22)28-36-20-40(39-28)25-14-16-26(17-15-25)42-31(32,33)34/h8-17,19-20,29,35,41H,3-7,18H2,1-2H3,(H2,37,38,43). The van der Waals surface area contributed by atoms with E-state index in [9.17, 15) is 18.3 Å². The van der Waals surface area contributed by atoms with Crippen LogP contribution in [0, 0.1) is 6.92 Å². The number of aliphatic hydroxyl groups excluding tert-OH is 1. The predicted molar refractivity (Wildman–Crippen MR) is 165 cm³/mol. The number of anilines is 1. The van der Waals surface area contributed by atoms with Gasteiger partial charge in [0.15, 0.2) is 17.3 Å². The number of hydrogen-bond acceptors (Lipinski definition) is 6. The number of halogens is 3. The molecule has 1 unspecified atom stereocenters. The SMILES string of the molecule is CCCc1ccc(C)cc1NC(=S)NC(O)NCCCCc1ccc(-c2ncn(-c3ccc(OC(F)(F)F)cc3)n2)cc1. The van der Waals surface area contributed by atoms with Crippen molar-refractivity contribution in [2.45, 2.75) is 58.7 Å². The van der Waals surface area contributed by atoms with Crippen LogP contribution in [0.15, 0.2) is 73.1 Å². The third kappa shape index (κ3) is 10.1. The van der Waals surface area contributed by atoms with Crippen molar-refractivity contribution < 1.29 is 23.0 Å². The van der Waals surface area contributed by atoms with Crippen molar-refractivity contribution in [3.05, 3.63) is 89.7 Å². The second kappa shape index (κ2) is 14.9. The Hall–Kier alpha value is -4.00. The fourth-order valence-corrected chi connectivity index (χ4v) is 4.68. The van der Waals surface area contributed by atoms with Gasteiger partial charge in [0, 0.05) is 11.3 Å². The van der Waals surface area contributed by atoms with Crippen molar-refractivity contribution >= 4 is 23.0 Å². The van der Waals surface area contributed by atoms with Crippen LogP contribution in [0.3, 0.4) is 0 Å². The highest BCUT2D eigenvalue weighted by atomic mass is 32.1. The summed E-state index contributed by atoms with van der Waals surface area (Å²) in [7, 11) is 0. The Bertz CT molecular complexity index is 1480. The van der Waals surface area contributed by atoms with Gasteiger partial charge in [0.1, 0.15) is 12.1 Å². The second-order valence-corrected chi connectivity index (χ2v) is 10.5. The highest BCUT2D eigenvalue weighted by molar-refractivity contribution is 7.80. The molecule has 43 heavy (non-hydrogen) atoms. The maximum Gasteiger partial charge on any atom is 0.573 e. The number of aryl methyl sites for hydroxylation is 3. The Morgan fingerprint density at radius 1 is 1.02 bits per heavy atom. The molecule has 0 amide bonds. The van der Waals surface area contributed by atoms with E-state index in [1.54, 1.807) is 0 Å². The molecule has 0 saturated carbocycles. The first kappa shape index (κ1) is 31.9. The van der Waals surface area contributed by atoms with Crippen LogP contribution in [-0.2, 0) is 12.8 Å². The summed E-state index contributed by atoms with van der Waals surface area (Å²) in [5.41, 5.74) is 5.82. The molecular weight excluding hydrogens is 577 g/mol. The normalized spacial score (nSPS) is 12.1. The van der Waals surface area contributed by atoms with Gasteiger partial charge in [-0.25, -0.2) is 9.67 Å². The number of nitrogens with one attached hydrogen (secondary N) is 3. The highest BCUT2D eigenvalue weighted by Gasteiger charge is 2.31. The minimum Gasteiger partial charge on any atom is -0.406 e. The molecule has 0 aliphatic rings. The van der Waals surface area contributed by atoms with Crippen LogP contribution in [-0.4, -0.2) is 44.2 Å². The summed E-state index contributed by atoms with van der Waals surface area (Å²) < 4.78 is 42.5. The Morgan fingerprint density at radius 2 is 1.77 bits per heavy atom. The number of aliphatic hydroxyl groups is 1. The van der Waals surface area contributed by atoms with E-state index in [4.69, 9.17) is 12.2 Å². The van der Waals surface area contributed by atoms with Crippen LogP contribution in [0.2, 0.25) is 0 Å². The van der Waals surface area contributed by atoms with Crippen LogP contribution in [0.25, 0.3) is 17.1 Å². The maximum atomic E-state index is 12.4. The zero-order chi connectivity index (χ0) is 30.8. The van der Waals surface area contributed by atoms with Crippen LogP contribution in [0.1, 0.15) is 42.9 Å². The molecule has 4 N–H and O–H groups in total. The van der Waals surface area contributed by atoms with Gasteiger partial charge in [0.25, 0.3) is 0 Å². The fraction of sp³-hybridized carbons (Fsp3) is 0.323. The Balaban J connectivity index is 1.17. The average Bonchev–Trinajstić information content (AvgIpc) is 3.45. The lowest BCUT2D eigenvalue weighted by molar-refractivity contribution is -0.274. The zero-order valence-corrected chi connectivity index (χ0v) is 24.8. The van der Waals surface area contributed by atoms with Gasteiger partial charge in [-0.05, 0) is 98.4 Å². The van der Waals surface area contributed by atoms with Gasteiger partial charge in [-0.1, -0.05) is 49.7 Å². The van der Waals surface area contributed by atoms with Crippen LogP contribution < -0.4 is 20.7 Å². The molecule has 228 valence electrons. The van der Waals surface area contributed by atoms with Crippen molar-refractivity contribution in [2.24, 2.45) is 0 Å². The number of benzene rings is 3. The summed E-state index contributed by atoms with van der Waals surface area (Å²) >= 11 is 5.39. The largest absolute Gasteiger partial charge is 0.573 e. The number of hydrogen-bond donors (Lipinski definition) is 4. The summed E-state index contributed by atoms with van der Waals surface area (Å²) in [6.07, 6.45) is 0.435. The van der Waals surface area contributed by atoms with Gasteiger partial charge in [-0.3, -0.25) is 5.32 Å². The van der Waals surface area contributed by atoms with Gasteiger partial charge in [-0.2, -0.15) is 0 Å². The lowest BCUT2D eigenvalue weighted by Gasteiger charge is -2.19. The number of aromatic nitrogens is 3. The summed E-state index contributed by atoms with van der Waals surface area (Å²) in [6, 6.07) is 19.6. The van der Waals surface area contributed by atoms with Crippen molar-refractivity contribution in [3.8, 4) is 22.8 Å². The van der Waals surface area contributed by atoms with Gasteiger partial charge in [0.2, 0.25) is 0 Å². The lowest BCUT2D eigenvalue weighted by atomic mass is 10.1. The van der Waals surface area contributed by atoms with Gasteiger partial charge >= 0.3 is 6.36 Å². The molecule has 0 aliphatic heterocycles. The smallest absolute Gasteiger partial charge is 0.406 e. The van der Waals surface area contributed by atoms with E-state index in [0.29, 0.717) is 23.2 Å². The molecule has 0 bridgehead atoms. The Labute approximate surface area is 254 Å². The highest BCUT2D eigenvalue weighted by Crippen LogP contribution is 2.24. The third-order valence-electron chi connectivity index (χ3n) is 6.57. The molecule has 1 atom stereocenters. The first-order valence-electron chi connectivity index (χ1n) is 14.1. The van der Waals surface area contributed by atoms with Gasteiger partial charge in [0.05, 0.1) is 5.69 Å². The molecule has 4 aromatic rings. The first-order valence-corrected chi connectivity index (χ1v) is 14.5. The molecular formula is C31H35F3N6O2S. The van der Waals surface area contributed by atoms with E-state index in [1.165, 1.54) is 40.8 Å². The fourth-order valence-electron chi connectivity index (χ4n) is 4.46. The number of ether oxygens (including phenoxy) is 1. The van der Waals surface area contributed by atoms with Crippen molar-refractivity contribution in [1.82, 2.24) is 25.4 Å². The number of unbranched alkanes of at least 4 members (excludes halogenated alkanes) is 1. The molecule has 0 fully saturated rings. The number of thiocarbonyl (C=S) groups is 1. The minimum absolute atomic E-state index is 0.299. The molecule has 1 heterocycles. The quantitative estimate of drug-likeness (QED) is 0.0798. The number of nitrogens with zero attached hydrogens (tertiary/aromatic N) is 3. The maximum absolute atomic E-state index is 12.4. The predicted octanol–water partition coefficient (Wildman–Crippen LogP) is 6.27. The number of rotatable bonds is 13. The molecule has 8 nitrogen and oxygen atoms in total. The third-order valence-corrected chi connectivity index (χ3v) is 6.79. The van der Waals surface area contributed by atoms with Crippen molar-refractivity contribution in [2.75, 3.05) is 11.9 Å². The Morgan fingerprint density at radius 3 is 2.47 bits per heavy atom. The van der Waals surface area contributed by atoms with Crippen LogP contribution in [0.4, 0.5) is 18.9 Å². The summed E-state index contributed by atoms with van der Waals surface area (Å²) in [5, 5.41) is 24.2. The second-order valence-electron chi connectivity index (χ2n) is 10.1. The van der Waals surface area contributed by atoms with Crippen LogP contribution in [0.5, 0.6) is 5.75 Å². The zero-order valence-electron chi connectivity index (χ0n) is 24.0. The van der Waals surface area contributed by atoms with Crippen LogP contribution >= 0.6 is 12.2 Å². The van der Waals surface area contributed by atoms with Crippen molar-refractivity contribution in [3.63, 3.8) is 0 Å². The minimum atomic E-state index is -4.74. The summed E-state index contributed by atoms with van der Waals surface area (Å²) in [6.45, 7) is 4.78. The van der Waals surface area contributed by atoms with Crippen molar-refractivity contribution in [1.29, 1.82) is 0 Å². The summed E-state index contributed by atoms with van der Waals surface area (Å²) in [5.74, 6) is 0.205. The number of alkyl halides is 3. The average molecular weight is 613 g/mol. The summed E-state index contributed by atoms with van der Waals surface area (Å²) in [4.78, 5) is 4.33. The lowest BCUT2D eigenvalue weighted by Crippen LogP contribution is -2.47. The molecule has 3 aromatic carbocycles. The topological polar surface area (TPSA) is 96.3 Å². The molecule has 0 saturated heterocycles. The molecule has 0 radical (unpaired) electrons. The van der Waals surface area contributed by atoms with E-state index in [1.807, 2.05) is 31.2 Å². The molecule has 1 aromatic heterocycles. The van der Waals surface area contributed by atoms with E-state index >= 15 is 0 Å². The van der Waals surface area contributed by atoms with Gasteiger partial charge < -0.3 is 20.5 Å². The van der Waals surface area contributed by atoms with E-state index < -0.39 is 12.7 Å². The molecule has 12 heteroatoms. The monoisotopic (exact) mass is 612 g/mol. The molecule has 4 rings (SSSR count). The molecule has 0 aliphatic carbocycles. The molecule has 0 spiro atoms. The first-order chi connectivity index (χ1) is 20.6. The Kier molecular flexibility index (Phi) is 11.1. The van der Waals surface area contributed by atoms with E-state index in [2.05, 4.69) is 55.9 Å². The van der Waals surface area contributed by atoms with E-state index in [0.717, 1.165) is 54.5 Å².